The number of rotatable bonds is 6. The van der Waals surface area contributed by atoms with Crippen LogP contribution in [0.15, 0.2) is 46.5 Å². The zero-order valence-electron chi connectivity index (χ0n) is 18.3. The quantitative estimate of drug-likeness (QED) is 0.552. The van der Waals surface area contributed by atoms with Crippen LogP contribution in [0.5, 0.6) is 5.75 Å². The Balaban J connectivity index is 1.35. The lowest BCUT2D eigenvalue weighted by Gasteiger charge is -2.34. The third-order valence-electron chi connectivity index (χ3n) is 5.55. The summed E-state index contributed by atoms with van der Waals surface area (Å²) in [7, 11) is -1.97. The molecule has 1 aliphatic heterocycles. The predicted octanol–water partition coefficient (Wildman–Crippen LogP) is 2.81. The molecule has 0 aliphatic carbocycles. The molecule has 2 aromatic carbocycles. The van der Waals surface area contributed by atoms with Crippen LogP contribution in [0, 0.1) is 13.8 Å². The van der Waals surface area contributed by atoms with Crippen molar-refractivity contribution in [1.82, 2.24) is 19.2 Å². The number of aryl methyl sites for hydroxylation is 2. The maximum atomic E-state index is 13.1. The second-order valence-electron chi connectivity index (χ2n) is 7.77. The molecule has 1 amide bonds. The van der Waals surface area contributed by atoms with Gasteiger partial charge in [-0.15, -0.1) is 0 Å². The second-order valence-corrected chi connectivity index (χ2v) is 10.6. The summed E-state index contributed by atoms with van der Waals surface area (Å²) < 4.78 is 32.8. The topological polar surface area (TPSA) is 95.6 Å². The number of thioether (sulfide) groups is 1. The van der Waals surface area contributed by atoms with Crippen LogP contribution < -0.4 is 4.74 Å². The molecule has 1 N–H and O–H groups in total. The van der Waals surface area contributed by atoms with Crippen molar-refractivity contribution in [3.8, 4) is 5.75 Å². The molecule has 0 spiro atoms. The van der Waals surface area contributed by atoms with Gasteiger partial charge in [0.25, 0.3) is 0 Å². The highest BCUT2D eigenvalue weighted by molar-refractivity contribution is 7.99. The van der Waals surface area contributed by atoms with Crippen LogP contribution in [0.1, 0.15) is 11.1 Å². The third kappa shape index (κ3) is 4.62. The molecule has 3 aromatic rings. The molecule has 10 heteroatoms. The number of methoxy groups -OCH3 is 1. The fourth-order valence-corrected chi connectivity index (χ4v) is 6.20. The van der Waals surface area contributed by atoms with Crippen molar-refractivity contribution in [3.63, 3.8) is 0 Å². The van der Waals surface area contributed by atoms with Crippen molar-refractivity contribution in [1.29, 1.82) is 0 Å². The van der Waals surface area contributed by atoms with E-state index in [1.807, 2.05) is 37.3 Å². The number of carbonyl (C=O) groups excluding carboxylic acids is 1. The molecule has 4 rings (SSSR count). The first-order valence-electron chi connectivity index (χ1n) is 10.3. The number of sulfonamides is 1. The van der Waals surface area contributed by atoms with Gasteiger partial charge < -0.3 is 14.6 Å². The van der Waals surface area contributed by atoms with Crippen molar-refractivity contribution in [2.75, 3.05) is 39.0 Å². The van der Waals surface area contributed by atoms with Crippen molar-refractivity contribution in [2.45, 2.75) is 23.9 Å². The summed E-state index contributed by atoms with van der Waals surface area (Å²) in [6, 6.07) is 11.0. The molecule has 1 aliphatic rings. The van der Waals surface area contributed by atoms with E-state index in [1.54, 1.807) is 25.0 Å². The van der Waals surface area contributed by atoms with Crippen LogP contribution in [0.25, 0.3) is 11.0 Å². The summed E-state index contributed by atoms with van der Waals surface area (Å²) in [5.74, 6) is 0.944. The van der Waals surface area contributed by atoms with Crippen molar-refractivity contribution in [3.05, 3.63) is 47.5 Å². The van der Waals surface area contributed by atoms with Crippen LogP contribution in [-0.4, -0.2) is 72.5 Å². The zero-order chi connectivity index (χ0) is 22.9. The molecule has 0 unspecified atom stereocenters. The molecule has 0 bridgehead atoms. The standard InChI is InChI=1S/C22H26N4O4S2/c1-15-4-5-16(2)20(12-15)32(28,29)26-10-8-25(9-11-26)21(27)14-31-22-23-18-7-6-17(30-3)13-19(18)24-22/h4-7,12-13H,8-11,14H2,1-3H3,(H,23,24). The summed E-state index contributed by atoms with van der Waals surface area (Å²) in [4.78, 5) is 22.4. The number of fused-ring (bicyclic) bond motifs is 1. The van der Waals surface area contributed by atoms with Gasteiger partial charge >= 0.3 is 0 Å². The van der Waals surface area contributed by atoms with Gasteiger partial charge in [0.15, 0.2) is 5.16 Å². The van der Waals surface area contributed by atoms with E-state index in [9.17, 15) is 13.2 Å². The van der Waals surface area contributed by atoms with E-state index >= 15 is 0 Å². The number of aromatic nitrogens is 2. The maximum absolute atomic E-state index is 13.1. The number of nitrogens with zero attached hydrogens (tertiary/aromatic N) is 3. The Morgan fingerprint density at radius 3 is 2.59 bits per heavy atom. The lowest BCUT2D eigenvalue weighted by Crippen LogP contribution is -2.51. The van der Waals surface area contributed by atoms with Gasteiger partial charge in [0, 0.05) is 32.2 Å². The molecule has 2 heterocycles. The smallest absolute Gasteiger partial charge is 0.243 e. The van der Waals surface area contributed by atoms with Gasteiger partial charge in [-0.3, -0.25) is 4.79 Å². The number of aromatic amines is 1. The first kappa shape index (κ1) is 22.6. The minimum atomic E-state index is -3.58. The van der Waals surface area contributed by atoms with Gasteiger partial charge in [-0.2, -0.15) is 4.31 Å². The molecule has 0 radical (unpaired) electrons. The number of H-pyrrole nitrogens is 1. The molecule has 0 atom stereocenters. The minimum Gasteiger partial charge on any atom is -0.497 e. The molecular formula is C22H26N4O4S2. The lowest BCUT2D eigenvalue weighted by atomic mass is 10.2. The summed E-state index contributed by atoms with van der Waals surface area (Å²) >= 11 is 1.34. The zero-order valence-corrected chi connectivity index (χ0v) is 19.9. The highest BCUT2D eigenvalue weighted by Crippen LogP contribution is 2.25. The average Bonchev–Trinajstić information content (AvgIpc) is 3.21. The number of piperazine rings is 1. The number of benzene rings is 2. The molecule has 1 aromatic heterocycles. The highest BCUT2D eigenvalue weighted by Gasteiger charge is 2.31. The number of amides is 1. The minimum absolute atomic E-state index is 0.0307. The van der Waals surface area contributed by atoms with Crippen LogP contribution in [0.2, 0.25) is 0 Å². The summed E-state index contributed by atoms with van der Waals surface area (Å²) in [5.41, 5.74) is 3.30. The largest absolute Gasteiger partial charge is 0.497 e. The molecule has 1 saturated heterocycles. The van der Waals surface area contributed by atoms with Crippen LogP contribution in [0.3, 0.4) is 0 Å². The number of nitrogens with one attached hydrogen (secondary N) is 1. The first-order valence-corrected chi connectivity index (χ1v) is 12.7. The number of imidazole rings is 1. The Bertz CT molecular complexity index is 1250. The molecular weight excluding hydrogens is 448 g/mol. The van der Waals surface area contributed by atoms with E-state index in [0.29, 0.717) is 23.1 Å². The van der Waals surface area contributed by atoms with Gasteiger partial charge in [0.1, 0.15) is 5.75 Å². The number of hydrogen-bond acceptors (Lipinski definition) is 6. The monoisotopic (exact) mass is 474 g/mol. The van der Waals surface area contributed by atoms with E-state index in [1.165, 1.54) is 16.1 Å². The van der Waals surface area contributed by atoms with E-state index in [4.69, 9.17) is 4.74 Å². The number of hydrogen-bond donors (Lipinski definition) is 1. The van der Waals surface area contributed by atoms with Gasteiger partial charge in [0.2, 0.25) is 15.9 Å². The fraction of sp³-hybridized carbons (Fsp3) is 0.364. The van der Waals surface area contributed by atoms with E-state index < -0.39 is 10.0 Å². The molecule has 8 nitrogen and oxygen atoms in total. The Morgan fingerprint density at radius 2 is 1.88 bits per heavy atom. The van der Waals surface area contributed by atoms with Crippen LogP contribution in [0.4, 0.5) is 0 Å². The Labute approximate surface area is 192 Å². The van der Waals surface area contributed by atoms with Crippen molar-refractivity contribution in [2.24, 2.45) is 0 Å². The van der Waals surface area contributed by atoms with Gasteiger partial charge in [-0.25, -0.2) is 13.4 Å². The van der Waals surface area contributed by atoms with Crippen molar-refractivity contribution >= 4 is 38.7 Å². The predicted molar refractivity (Wildman–Crippen MR) is 125 cm³/mol. The summed E-state index contributed by atoms with van der Waals surface area (Å²) in [6.07, 6.45) is 0. The van der Waals surface area contributed by atoms with E-state index in [2.05, 4.69) is 9.97 Å². The number of carbonyl (C=O) groups is 1. The van der Waals surface area contributed by atoms with Crippen LogP contribution in [-0.2, 0) is 14.8 Å². The van der Waals surface area contributed by atoms with Crippen molar-refractivity contribution < 1.29 is 17.9 Å². The van der Waals surface area contributed by atoms with Gasteiger partial charge in [0.05, 0.1) is 28.8 Å². The van der Waals surface area contributed by atoms with Crippen LogP contribution >= 0.6 is 11.8 Å². The average molecular weight is 475 g/mol. The normalized spacial score (nSPS) is 15.3. The Morgan fingerprint density at radius 1 is 1.12 bits per heavy atom. The second kappa shape index (κ2) is 9.13. The highest BCUT2D eigenvalue weighted by atomic mass is 32.2. The van der Waals surface area contributed by atoms with Gasteiger partial charge in [-0.1, -0.05) is 23.9 Å². The Hall–Kier alpha value is -2.56. The molecule has 0 saturated carbocycles. The first-order chi connectivity index (χ1) is 15.3. The molecule has 32 heavy (non-hydrogen) atoms. The van der Waals surface area contributed by atoms with Gasteiger partial charge in [-0.05, 0) is 43.2 Å². The third-order valence-corrected chi connectivity index (χ3v) is 8.45. The summed E-state index contributed by atoms with van der Waals surface area (Å²) in [6.45, 7) is 5.01. The van der Waals surface area contributed by atoms with E-state index in [-0.39, 0.29) is 24.7 Å². The molecule has 1 fully saturated rings. The Kier molecular flexibility index (Phi) is 6.45. The molecule has 170 valence electrons. The SMILES string of the molecule is COc1ccc2nc(SCC(=O)N3CCN(S(=O)(=O)c4cc(C)ccc4C)CC3)[nH]c2c1. The number of ether oxygens (including phenoxy) is 1. The fourth-order valence-electron chi connectivity index (χ4n) is 3.68. The lowest BCUT2D eigenvalue weighted by molar-refractivity contribution is -0.129. The maximum Gasteiger partial charge on any atom is 0.243 e. The summed E-state index contributed by atoms with van der Waals surface area (Å²) in [5, 5.41) is 0.665. The van der Waals surface area contributed by atoms with E-state index in [0.717, 1.165) is 27.9 Å².